The summed E-state index contributed by atoms with van der Waals surface area (Å²) in [5.41, 5.74) is 24.4. The largest absolute Gasteiger partial charge is 0.399 e. The van der Waals surface area contributed by atoms with Gasteiger partial charge in [-0.3, -0.25) is 0 Å². The van der Waals surface area contributed by atoms with Crippen molar-refractivity contribution in [2.45, 2.75) is 110 Å². The maximum Gasteiger partial charge on any atom is 0.0343 e. The van der Waals surface area contributed by atoms with E-state index in [1.54, 1.807) is 0 Å². The van der Waals surface area contributed by atoms with E-state index in [9.17, 15) is 0 Å². The summed E-state index contributed by atoms with van der Waals surface area (Å²) in [5.74, 6) is 0. The van der Waals surface area contributed by atoms with Gasteiger partial charge in [0.1, 0.15) is 0 Å². The Morgan fingerprint density at radius 3 is 0.953 bits per heavy atom. The van der Waals surface area contributed by atoms with Crippen molar-refractivity contribution in [2.75, 3.05) is 11.5 Å². The Morgan fingerprint density at radius 1 is 0.349 bits per heavy atom. The van der Waals surface area contributed by atoms with E-state index < -0.39 is 0 Å². The molecule has 0 fully saturated rings. The molecule has 0 amide bonds. The predicted octanol–water partition coefficient (Wildman–Crippen LogP) is 10.7. The normalized spacial score (nSPS) is 11.2. The van der Waals surface area contributed by atoms with E-state index in [0.29, 0.717) is 0 Å². The molecule has 0 atom stereocenters. The molecule has 0 saturated heterocycles. The minimum Gasteiger partial charge on any atom is -0.399 e. The van der Waals surface area contributed by atoms with Crippen LogP contribution >= 0.6 is 0 Å². The maximum atomic E-state index is 5.96. The molecule has 0 saturated carbocycles. The highest BCUT2D eigenvalue weighted by atomic mass is 14.6. The molecular weight excluding hydrogens is 520 g/mol. The van der Waals surface area contributed by atoms with E-state index in [2.05, 4.69) is 86.6 Å². The fraction of sp³-hybridized carbons (Fsp3) is 0.415. The summed E-state index contributed by atoms with van der Waals surface area (Å²) in [6.07, 6.45) is 19.5. The molecule has 0 unspecified atom stereocenters. The van der Waals surface area contributed by atoms with Crippen LogP contribution in [0, 0.1) is 13.8 Å². The van der Waals surface area contributed by atoms with Gasteiger partial charge in [0.15, 0.2) is 0 Å². The standard InChI is InChI=1S/C41H54N2/c1-32-28-38(24-26-40(32)42)30-36-20-16-34(17-21-36)14-12-10-8-6-4-3-5-7-9-11-13-15-35-18-22-37(23-19-35)31-39-25-27-41(43)33(2)29-39/h16-29H,3-15,30-31,42-43H2,1-2H3. The number of benzene rings is 4. The SMILES string of the molecule is Cc1cc(Cc2ccc(CCCCCCCCCCCCCc3ccc(Cc4ccc(N)c(C)c4)cc3)cc2)ccc1N. The second-order valence-electron chi connectivity index (χ2n) is 12.8. The van der Waals surface area contributed by atoms with Crippen molar-refractivity contribution < 1.29 is 0 Å². The van der Waals surface area contributed by atoms with Crippen molar-refractivity contribution in [1.82, 2.24) is 0 Å². The van der Waals surface area contributed by atoms with Gasteiger partial charge < -0.3 is 11.5 Å². The monoisotopic (exact) mass is 574 g/mol. The second kappa shape index (κ2) is 17.6. The lowest BCUT2D eigenvalue weighted by Gasteiger charge is -2.07. The lowest BCUT2D eigenvalue weighted by atomic mass is 9.99. The number of aryl methyl sites for hydroxylation is 4. The lowest BCUT2D eigenvalue weighted by Crippen LogP contribution is -1.94. The van der Waals surface area contributed by atoms with Crippen molar-refractivity contribution in [3.8, 4) is 0 Å². The fourth-order valence-corrected chi connectivity index (χ4v) is 6.06. The summed E-state index contributed by atoms with van der Waals surface area (Å²) in [5, 5.41) is 0. The van der Waals surface area contributed by atoms with Crippen molar-refractivity contribution in [2.24, 2.45) is 0 Å². The number of anilines is 2. The second-order valence-corrected chi connectivity index (χ2v) is 12.8. The van der Waals surface area contributed by atoms with Gasteiger partial charge in [0.25, 0.3) is 0 Å². The Kier molecular flexibility index (Phi) is 13.2. The van der Waals surface area contributed by atoms with Gasteiger partial charge in [-0.05, 0) is 109 Å². The molecule has 0 spiro atoms. The molecule has 0 aliphatic rings. The van der Waals surface area contributed by atoms with Crippen molar-refractivity contribution in [3.63, 3.8) is 0 Å². The van der Waals surface area contributed by atoms with Crippen LogP contribution in [0.15, 0.2) is 84.9 Å². The summed E-state index contributed by atoms with van der Waals surface area (Å²) >= 11 is 0. The van der Waals surface area contributed by atoms with Crippen LogP contribution in [0.1, 0.15) is 115 Å². The average Bonchev–Trinajstić information content (AvgIpc) is 3.01. The fourth-order valence-electron chi connectivity index (χ4n) is 6.06. The summed E-state index contributed by atoms with van der Waals surface area (Å²) in [4.78, 5) is 0. The third kappa shape index (κ3) is 11.6. The van der Waals surface area contributed by atoms with Crippen LogP contribution in [0.4, 0.5) is 11.4 Å². The van der Waals surface area contributed by atoms with Gasteiger partial charge in [-0.25, -0.2) is 0 Å². The number of nitrogens with two attached hydrogens (primary N) is 2. The van der Waals surface area contributed by atoms with Gasteiger partial charge in [-0.2, -0.15) is 0 Å². The third-order valence-electron chi connectivity index (χ3n) is 8.96. The van der Waals surface area contributed by atoms with E-state index in [1.807, 2.05) is 12.1 Å². The first-order valence-corrected chi connectivity index (χ1v) is 16.8. The molecule has 4 aromatic carbocycles. The van der Waals surface area contributed by atoms with Crippen LogP contribution in [0.25, 0.3) is 0 Å². The molecule has 0 radical (unpaired) electrons. The van der Waals surface area contributed by atoms with Crippen LogP contribution in [-0.4, -0.2) is 0 Å². The molecule has 0 heterocycles. The molecule has 4 N–H and O–H groups in total. The van der Waals surface area contributed by atoms with E-state index in [1.165, 1.54) is 128 Å². The summed E-state index contributed by atoms with van der Waals surface area (Å²) < 4.78 is 0. The quantitative estimate of drug-likeness (QED) is 0.0917. The van der Waals surface area contributed by atoms with Gasteiger partial charge in [-0.1, -0.05) is 131 Å². The molecule has 2 heteroatoms. The van der Waals surface area contributed by atoms with Crippen LogP contribution in [-0.2, 0) is 25.7 Å². The smallest absolute Gasteiger partial charge is 0.0343 e. The minimum atomic E-state index is 0.876. The average molecular weight is 575 g/mol. The van der Waals surface area contributed by atoms with E-state index in [-0.39, 0.29) is 0 Å². The third-order valence-corrected chi connectivity index (χ3v) is 8.96. The van der Waals surface area contributed by atoms with Crippen molar-refractivity contribution in [1.29, 1.82) is 0 Å². The van der Waals surface area contributed by atoms with E-state index in [4.69, 9.17) is 11.5 Å². The number of unbranched alkanes of at least 4 members (excludes halogenated alkanes) is 10. The molecule has 43 heavy (non-hydrogen) atoms. The zero-order valence-corrected chi connectivity index (χ0v) is 26.8. The summed E-state index contributed by atoms with van der Waals surface area (Å²) in [7, 11) is 0. The molecule has 0 aliphatic carbocycles. The Labute approximate surface area is 261 Å². The first-order valence-electron chi connectivity index (χ1n) is 16.8. The molecule has 0 aromatic heterocycles. The van der Waals surface area contributed by atoms with E-state index >= 15 is 0 Å². The number of rotatable bonds is 18. The molecule has 0 aliphatic heterocycles. The van der Waals surface area contributed by atoms with Gasteiger partial charge in [0.2, 0.25) is 0 Å². The zero-order valence-electron chi connectivity index (χ0n) is 26.8. The summed E-state index contributed by atoms with van der Waals surface area (Å²) in [6, 6.07) is 31.2. The Morgan fingerprint density at radius 2 is 0.628 bits per heavy atom. The zero-order chi connectivity index (χ0) is 30.3. The van der Waals surface area contributed by atoms with E-state index in [0.717, 1.165) is 24.2 Å². The first kappa shape index (κ1) is 32.4. The van der Waals surface area contributed by atoms with Crippen LogP contribution in [0.3, 0.4) is 0 Å². The van der Waals surface area contributed by atoms with Crippen LogP contribution in [0.2, 0.25) is 0 Å². The Bertz CT molecular complexity index is 1260. The molecule has 2 nitrogen and oxygen atoms in total. The van der Waals surface area contributed by atoms with Crippen LogP contribution in [0.5, 0.6) is 0 Å². The van der Waals surface area contributed by atoms with Crippen LogP contribution < -0.4 is 11.5 Å². The Hall–Kier alpha value is -3.52. The van der Waals surface area contributed by atoms with Crippen molar-refractivity contribution in [3.05, 3.63) is 129 Å². The van der Waals surface area contributed by atoms with Gasteiger partial charge in [0.05, 0.1) is 0 Å². The van der Waals surface area contributed by atoms with Gasteiger partial charge in [-0.15, -0.1) is 0 Å². The molecule has 0 bridgehead atoms. The molecule has 4 rings (SSSR count). The molecular formula is C41H54N2. The highest BCUT2D eigenvalue weighted by Gasteiger charge is 2.03. The highest BCUT2D eigenvalue weighted by Crippen LogP contribution is 2.19. The highest BCUT2D eigenvalue weighted by molar-refractivity contribution is 5.49. The first-order chi connectivity index (χ1) is 21.0. The van der Waals surface area contributed by atoms with Crippen molar-refractivity contribution >= 4 is 11.4 Å². The maximum absolute atomic E-state index is 5.96. The predicted molar refractivity (Wildman–Crippen MR) is 188 cm³/mol. The number of hydrogen-bond donors (Lipinski definition) is 2. The Balaban J connectivity index is 0.958. The molecule has 228 valence electrons. The summed E-state index contributed by atoms with van der Waals surface area (Å²) in [6.45, 7) is 4.16. The molecule has 4 aromatic rings. The lowest BCUT2D eigenvalue weighted by molar-refractivity contribution is 0.545. The minimum absolute atomic E-state index is 0.876. The topological polar surface area (TPSA) is 52.0 Å². The number of hydrogen-bond acceptors (Lipinski definition) is 2. The van der Waals surface area contributed by atoms with Gasteiger partial charge in [0, 0.05) is 11.4 Å². The number of nitrogen functional groups attached to an aromatic ring is 2. The van der Waals surface area contributed by atoms with Gasteiger partial charge >= 0.3 is 0 Å².